The van der Waals surface area contributed by atoms with Crippen LogP contribution in [0.3, 0.4) is 0 Å². The SMILES string of the molecule is Cl.Cl.Cl.Fc1ccccc1-c1[nH]ncc1-c1ccc2ncn(-c3ccc(Cl)cn3)c2c1. The van der Waals surface area contributed by atoms with Crippen LogP contribution in [0.15, 0.2) is 73.3 Å². The van der Waals surface area contributed by atoms with Crippen LogP contribution in [-0.4, -0.2) is 24.7 Å². The summed E-state index contributed by atoms with van der Waals surface area (Å²) >= 11 is 5.94. The second kappa shape index (κ2) is 10.1. The quantitative estimate of drug-likeness (QED) is 0.307. The molecule has 3 aromatic heterocycles. The maximum atomic E-state index is 14.3. The number of aromatic amines is 1. The van der Waals surface area contributed by atoms with Gasteiger partial charge in [0, 0.05) is 17.3 Å². The number of benzene rings is 2. The van der Waals surface area contributed by atoms with Crippen LogP contribution in [0.4, 0.5) is 4.39 Å². The van der Waals surface area contributed by atoms with Crippen molar-refractivity contribution in [3.8, 4) is 28.2 Å². The largest absolute Gasteiger partial charge is 0.283 e. The lowest BCUT2D eigenvalue weighted by Gasteiger charge is -2.07. The summed E-state index contributed by atoms with van der Waals surface area (Å²) in [6, 6.07) is 16.1. The molecule has 0 fully saturated rings. The van der Waals surface area contributed by atoms with Gasteiger partial charge in [-0.2, -0.15) is 5.10 Å². The van der Waals surface area contributed by atoms with E-state index in [1.54, 1.807) is 43.0 Å². The molecule has 5 rings (SSSR count). The molecule has 160 valence electrons. The van der Waals surface area contributed by atoms with Crippen molar-refractivity contribution in [2.75, 3.05) is 0 Å². The Hall–Kier alpha value is -2.64. The summed E-state index contributed by atoms with van der Waals surface area (Å²) in [6.07, 6.45) is 5.01. The Balaban J connectivity index is 0.00000114. The summed E-state index contributed by atoms with van der Waals surface area (Å²) in [4.78, 5) is 8.80. The average molecular weight is 499 g/mol. The van der Waals surface area contributed by atoms with Crippen molar-refractivity contribution >= 4 is 59.9 Å². The smallest absolute Gasteiger partial charge is 0.138 e. The van der Waals surface area contributed by atoms with Crippen molar-refractivity contribution in [3.63, 3.8) is 0 Å². The molecule has 0 bridgehead atoms. The maximum Gasteiger partial charge on any atom is 0.138 e. The molecular formula is C21H16Cl4FN5. The minimum absolute atomic E-state index is 0. The molecule has 0 atom stereocenters. The Labute approximate surface area is 200 Å². The number of imidazole rings is 1. The molecule has 10 heteroatoms. The molecule has 0 aliphatic heterocycles. The van der Waals surface area contributed by atoms with Crippen molar-refractivity contribution in [2.24, 2.45) is 0 Å². The van der Waals surface area contributed by atoms with Crippen molar-refractivity contribution in [2.45, 2.75) is 0 Å². The van der Waals surface area contributed by atoms with Gasteiger partial charge in [-0.15, -0.1) is 37.2 Å². The van der Waals surface area contributed by atoms with E-state index in [1.807, 2.05) is 28.8 Å². The third-order valence-electron chi connectivity index (χ3n) is 4.60. The van der Waals surface area contributed by atoms with E-state index in [4.69, 9.17) is 11.6 Å². The number of fused-ring (bicyclic) bond motifs is 1. The highest BCUT2D eigenvalue weighted by Gasteiger charge is 2.15. The van der Waals surface area contributed by atoms with Gasteiger partial charge in [-0.05, 0) is 42.0 Å². The molecule has 0 unspecified atom stereocenters. The number of aromatic nitrogens is 5. The number of halogens is 5. The van der Waals surface area contributed by atoms with Crippen molar-refractivity contribution < 1.29 is 4.39 Å². The summed E-state index contributed by atoms with van der Waals surface area (Å²) in [7, 11) is 0. The number of pyridine rings is 1. The first-order valence-corrected chi connectivity index (χ1v) is 8.96. The summed E-state index contributed by atoms with van der Waals surface area (Å²) in [6.45, 7) is 0. The number of rotatable bonds is 3. The molecule has 2 aromatic carbocycles. The molecule has 0 amide bonds. The van der Waals surface area contributed by atoms with Crippen LogP contribution in [0.5, 0.6) is 0 Å². The van der Waals surface area contributed by atoms with Gasteiger partial charge in [0.2, 0.25) is 0 Å². The highest BCUT2D eigenvalue weighted by molar-refractivity contribution is 6.30. The molecule has 5 aromatic rings. The lowest BCUT2D eigenvalue weighted by atomic mass is 10.0. The molecule has 0 aliphatic carbocycles. The Morgan fingerprint density at radius 3 is 2.42 bits per heavy atom. The predicted octanol–water partition coefficient (Wildman–Crippen LogP) is 6.54. The van der Waals surface area contributed by atoms with E-state index in [0.717, 1.165) is 22.2 Å². The zero-order valence-electron chi connectivity index (χ0n) is 15.7. The minimum atomic E-state index is -0.301. The lowest BCUT2D eigenvalue weighted by Crippen LogP contribution is -1.95. The highest BCUT2D eigenvalue weighted by Crippen LogP contribution is 2.33. The van der Waals surface area contributed by atoms with Gasteiger partial charge in [-0.1, -0.05) is 29.8 Å². The first-order valence-electron chi connectivity index (χ1n) is 8.58. The number of hydrogen-bond acceptors (Lipinski definition) is 3. The predicted molar refractivity (Wildman–Crippen MR) is 129 cm³/mol. The van der Waals surface area contributed by atoms with Gasteiger partial charge in [-0.3, -0.25) is 9.67 Å². The number of hydrogen-bond donors (Lipinski definition) is 1. The second-order valence-electron chi connectivity index (χ2n) is 6.29. The first-order chi connectivity index (χ1) is 13.7. The van der Waals surface area contributed by atoms with E-state index in [-0.39, 0.29) is 43.0 Å². The Morgan fingerprint density at radius 2 is 1.68 bits per heavy atom. The van der Waals surface area contributed by atoms with Gasteiger partial charge in [0.15, 0.2) is 0 Å². The molecule has 31 heavy (non-hydrogen) atoms. The second-order valence-corrected chi connectivity index (χ2v) is 6.73. The van der Waals surface area contributed by atoms with Gasteiger partial charge < -0.3 is 0 Å². The fourth-order valence-corrected chi connectivity index (χ4v) is 3.35. The van der Waals surface area contributed by atoms with Gasteiger partial charge in [-0.25, -0.2) is 14.4 Å². The van der Waals surface area contributed by atoms with E-state index in [1.165, 1.54) is 6.07 Å². The molecule has 0 spiro atoms. The molecule has 0 saturated carbocycles. The molecule has 3 heterocycles. The highest BCUT2D eigenvalue weighted by atomic mass is 35.5. The van der Waals surface area contributed by atoms with E-state index in [0.29, 0.717) is 22.1 Å². The van der Waals surface area contributed by atoms with E-state index < -0.39 is 0 Å². The zero-order chi connectivity index (χ0) is 19.1. The fourth-order valence-electron chi connectivity index (χ4n) is 3.24. The van der Waals surface area contributed by atoms with Gasteiger partial charge in [0.1, 0.15) is 18.0 Å². The van der Waals surface area contributed by atoms with Crippen molar-refractivity contribution in [1.29, 1.82) is 0 Å². The summed E-state index contributed by atoms with van der Waals surface area (Å²) in [5.41, 5.74) is 4.53. The standard InChI is InChI=1S/C21H13ClFN5.3ClH/c22-14-6-8-20(24-10-14)28-12-25-18-7-5-13(9-19(18)28)16-11-26-27-21(16)15-3-1-2-4-17(15)23;;;/h1-12H,(H,26,27);3*1H. The normalized spacial score (nSPS) is 10.1. The molecule has 1 N–H and O–H groups in total. The lowest BCUT2D eigenvalue weighted by molar-refractivity contribution is 0.630. The molecule has 0 saturated heterocycles. The third kappa shape index (κ3) is 4.52. The summed E-state index contributed by atoms with van der Waals surface area (Å²) in [5, 5.41) is 7.62. The van der Waals surface area contributed by atoms with Crippen LogP contribution in [0.2, 0.25) is 5.02 Å². The van der Waals surface area contributed by atoms with Crippen LogP contribution in [0, 0.1) is 5.82 Å². The average Bonchev–Trinajstić information content (AvgIpc) is 3.35. The monoisotopic (exact) mass is 497 g/mol. The summed E-state index contributed by atoms with van der Waals surface area (Å²) in [5.74, 6) is 0.412. The first kappa shape index (κ1) is 24.6. The van der Waals surface area contributed by atoms with E-state index in [2.05, 4.69) is 20.2 Å². The van der Waals surface area contributed by atoms with Crippen LogP contribution in [-0.2, 0) is 0 Å². The van der Waals surface area contributed by atoms with Gasteiger partial charge >= 0.3 is 0 Å². The number of nitrogens with zero attached hydrogens (tertiary/aromatic N) is 4. The van der Waals surface area contributed by atoms with Crippen LogP contribution >= 0.6 is 48.8 Å². The number of nitrogens with one attached hydrogen (secondary N) is 1. The maximum absolute atomic E-state index is 14.3. The molecular weight excluding hydrogens is 483 g/mol. The van der Waals surface area contributed by atoms with E-state index >= 15 is 0 Å². The van der Waals surface area contributed by atoms with Crippen LogP contribution in [0.25, 0.3) is 39.2 Å². The third-order valence-corrected chi connectivity index (χ3v) is 4.82. The Bertz CT molecular complexity index is 1300. The van der Waals surface area contributed by atoms with Crippen LogP contribution in [0.1, 0.15) is 0 Å². The minimum Gasteiger partial charge on any atom is -0.283 e. The van der Waals surface area contributed by atoms with E-state index in [9.17, 15) is 4.39 Å². The van der Waals surface area contributed by atoms with Gasteiger partial charge in [0.25, 0.3) is 0 Å². The van der Waals surface area contributed by atoms with Crippen molar-refractivity contribution in [1.82, 2.24) is 24.7 Å². The molecule has 0 radical (unpaired) electrons. The van der Waals surface area contributed by atoms with Gasteiger partial charge in [0.05, 0.1) is 27.9 Å². The Kier molecular flexibility index (Phi) is 8.03. The number of H-pyrrole nitrogens is 1. The van der Waals surface area contributed by atoms with Crippen LogP contribution < -0.4 is 0 Å². The fraction of sp³-hybridized carbons (Fsp3) is 0. The van der Waals surface area contributed by atoms with Crippen molar-refractivity contribution in [3.05, 3.63) is 84.2 Å². The molecule has 5 nitrogen and oxygen atoms in total. The zero-order valence-corrected chi connectivity index (χ0v) is 18.9. The Morgan fingerprint density at radius 1 is 0.871 bits per heavy atom. The molecule has 0 aliphatic rings. The topological polar surface area (TPSA) is 59.4 Å². The summed E-state index contributed by atoms with van der Waals surface area (Å²) < 4.78 is 16.2.